The van der Waals surface area contributed by atoms with E-state index >= 15 is 0 Å². The molecule has 2 rings (SSSR count). The van der Waals surface area contributed by atoms with Crippen LogP contribution in [0.25, 0.3) is 0 Å². The summed E-state index contributed by atoms with van der Waals surface area (Å²) in [5.41, 5.74) is 6.00. The van der Waals surface area contributed by atoms with E-state index in [1.54, 1.807) is 0 Å². The topological polar surface area (TPSA) is 49.5 Å². The van der Waals surface area contributed by atoms with E-state index in [0.717, 1.165) is 13.0 Å². The van der Waals surface area contributed by atoms with E-state index in [4.69, 9.17) is 5.73 Å². The molecule has 2 unspecified atom stereocenters. The van der Waals surface area contributed by atoms with Crippen molar-refractivity contribution in [1.82, 2.24) is 4.90 Å². The highest BCUT2D eigenvalue weighted by molar-refractivity contribution is 7.12. The van der Waals surface area contributed by atoms with Crippen LogP contribution in [0.4, 0.5) is 0 Å². The normalized spacial score (nSPS) is 23.8. The SMILES string of the molecule is Cc1ccc(C(CN)N2CCCCCC2CO)s1. The molecule has 3 nitrogen and oxygen atoms in total. The molecule has 4 heteroatoms. The summed E-state index contributed by atoms with van der Waals surface area (Å²) in [6, 6.07) is 4.91. The molecular weight excluding hydrogens is 244 g/mol. The number of hydrogen-bond donors (Lipinski definition) is 2. The van der Waals surface area contributed by atoms with Crippen LogP contribution in [0, 0.1) is 6.92 Å². The Morgan fingerprint density at radius 2 is 2.28 bits per heavy atom. The number of nitrogens with two attached hydrogens (primary N) is 1. The van der Waals surface area contributed by atoms with Gasteiger partial charge in [0.1, 0.15) is 0 Å². The van der Waals surface area contributed by atoms with E-state index in [0.29, 0.717) is 6.54 Å². The predicted molar refractivity (Wildman–Crippen MR) is 76.9 cm³/mol. The van der Waals surface area contributed by atoms with Gasteiger partial charge in [0.2, 0.25) is 0 Å². The molecule has 0 radical (unpaired) electrons. The first-order chi connectivity index (χ1) is 8.76. The summed E-state index contributed by atoms with van der Waals surface area (Å²) in [6.45, 7) is 4.08. The second kappa shape index (κ2) is 6.66. The van der Waals surface area contributed by atoms with Gasteiger partial charge in [-0.05, 0) is 38.4 Å². The summed E-state index contributed by atoms with van der Waals surface area (Å²) >= 11 is 1.83. The van der Waals surface area contributed by atoms with E-state index < -0.39 is 0 Å². The van der Waals surface area contributed by atoms with Crippen LogP contribution in [-0.4, -0.2) is 35.7 Å². The minimum atomic E-state index is 0.251. The summed E-state index contributed by atoms with van der Waals surface area (Å²) < 4.78 is 0. The molecule has 1 aromatic rings. The van der Waals surface area contributed by atoms with Crippen molar-refractivity contribution in [3.8, 4) is 0 Å². The number of likely N-dealkylation sites (tertiary alicyclic amines) is 1. The fraction of sp³-hybridized carbons (Fsp3) is 0.714. The molecule has 2 atom stereocenters. The molecule has 3 N–H and O–H groups in total. The minimum absolute atomic E-state index is 0.251. The van der Waals surface area contributed by atoms with Crippen molar-refractivity contribution in [2.45, 2.75) is 44.7 Å². The third-order valence-corrected chi connectivity index (χ3v) is 4.95. The Bertz CT molecular complexity index is 366. The maximum absolute atomic E-state index is 9.60. The third kappa shape index (κ3) is 3.12. The van der Waals surface area contributed by atoms with Gasteiger partial charge in [-0.3, -0.25) is 4.90 Å². The predicted octanol–water partition coefficient (Wildman–Crippen LogP) is 2.29. The van der Waals surface area contributed by atoms with Crippen molar-refractivity contribution >= 4 is 11.3 Å². The number of thiophene rings is 1. The Hall–Kier alpha value is -0.420. The number of rotatable bonds is 4. The number of nitrogens with zero attached hydrogens (tertiary/aromatic N) is 1. The maximum atomic E-state index is 9.60. The Kier molecular flexibility index (Phi) is 5.18. The molecule has 0 aliphatic carbocycles. The summed E-state index contributed by atoms with van der Waals surface area (Å²) in [5, 5.41) is 9.60. The zero-order chi connectivity index (χ0) is 13.0. The van der Waals surface area contributed by atoms with Gasteiger partial charge in [0.25, 0.3) is 0 Å². The molecule has 0 aromatic carbocycles. The molecule has 102 valence electrons. The Morgan fingerprint density at radius 1 is 1.44 bits per heavy atom. The van der Waals surface area contributed by atoms with Crippen LogP contribution in [0.5, 0.6) is 0 Å². The van der Waals surface area contributed by atoms with Crippen LogP contribution in [0.1, 0.15) is 41.5 Å². The minimum Gasteiger partial charge on any atom is -0.395 e. The zero-order valence-corrected chi connectivity index (χ0v) is 12.0. The lowest BCUT2D eigenvalue weighted by Gasteiger charge is -2.35. The van der Waals surface area contributed by atoms with E-state index in [1.807, 2.05) is 11.3 Å². The highest BCUT2D eigenvalue weighted by Gasteiger charge is 2.28. The molecule has 0 amide bonds. The van der Waals surface area contributed by atoms with Crippen LogP contribution < -0.4 is 5.73 Å². The fourth-order valence-corrected chi connectivity index (χ4v) is 3.87. The van der Waals surface area contributed by atoms with Gasteiger partial charge in [0.05, 0.1) is 12.6 Å². The lowest BCUT2D eigenvalue weighted by atomic mass is 10.1. The second-order valence-corrected chi connectivity index (χ2v) is 6.44. The first-order valence-corrected chi connectivity index (χ1v) is 7.71. The summed E-state index contributed by atoms with van der Waals surface area (Å²) in [7, 11) is 0. The maximum Gasteiger partial charge on any atom is 0.0587 e. The van der Waals surface area contributed by atoms with Gasteiger partial charge in [-0.1, -0.05) is 12.8 Å². The highest BCUT2D eigenvalue weighted by Crippen LogP contribution is 2.31. The van der Waals surface area contributed by atoms with E-state index in [2.05, 4.69) is 24.0 Å². The zero-order valence-electron chi connectivity index (χ0n) is 11.1. The Balaban J connectivity index is 2.18. The van der Waals surface area contributed by atoms with Crippen molar-refractivity contribution in [1.29, 1.82) is 0 Å². The van der Waals surface area contributed by atoms with Crippen molar-refractivity contribution in [2.75, 3.05) is 19.7 Å². The molecule has 1 aliphatic rings. The molecule has 0 saturated carbocycles. The van der Waals surface area contributed by atoms with Gasteiger partial charge in [-0.25, -0.2) is 0 Å². The Labute approximate surface area is 114 Å². The molecule has 0 spiro atoms. The van der Waals surface area contributed by atoms with Crippen LogP contribution in [-0.2, 0) is 0 Å². The van der Waals surface area contributed by atoms with Gasteiger partial charge in [-0.2, -0.15) is 0 Å². The second-order valence-electron chi connectivity index (χ2n) is 5.12. The lowest BCUT2D eigenvalue weighted by Crippen LogP contribution is -2.42. The van der Waals surface area contributed by atoms with Gasteiger partial charge >= 0.3 is 0 Å². The monoisotopic (exact) mass is 268 g/mol. The van der Waals surface area contributed by atoms with Crippen LogP contribution >= 0.6 is 11.3 Å². The summed E-state index contributed by atoms with van der Waals surface area (Å²) in [5.74, 6) is 0. The van der Waals surface area contributed by atoms with Crippen molar-refractivity contribution in [3.63, 3.8) is 0 Å². The van der Waals surface area contributed by atoms with Crippen LogP contribution in [0.3, 0.4) is 0 Å². The first kappa shape index (κ1) is 14.0. The van der Waals surface area contributed by atoms with Crippen molar-refractivity contribution in [2.24, 2.45) is 5.73 Å². The van der Waals surface area contributed by atoms with Gasteiger partial charge in [0.15, 0.2) is 0 Å². The van der Waals surface area contributed by atoms with Gasteiger partial charge in [0, 0.05) is 22.3 Å². The van der Waals surface area contributed by atoms with Gasteiger partial charge in [-0.15, -0.1) is 11.3 Å². The number of hydrogen-bond acceptors (Lipinski definition) is 4. The first-order valence-electron chi connectivity index (χ1n) is 6.89. The third-order valence-electron chi connectivity index (χ3n) is 3.85. The molecule has 1 aliphatic heterocycles. The van der Waals surface area contributed by atoms with Crippen molar-refractivity contribution in [3.05, 3.63) is 21.9 Å². The average molecular weight is 268 g/mol. The largest absolute Gasteiger partial charge is 0.395 e. The number of aliphatic hydroxyl groups is 1. The summed E-state index contributed by atoms with van der Waals surface area (Å²) in [6.07, 6.45) is 4.81. The van der Waals surface area contributed by atoms with E-state index in [1.165, 1.54) is 29.0 Å². The van der Waals surface area contributed by atoms with Crippen LogP contribution in [0.2, 0.25) is 0 Å². The summed E-state index contributed by atoms with van der Waals surface area (Å²) in [4.78, 5) is 5.10. The van der Waals surface area contributed by atoms with Gasteiger partial charge < -0.3 is 10.8 Å². The highest BCUT2D eigenvalue weighted by atomic mass is 32.1. The van der Waals surface area contributed by atoms with E-state index in [9.17, 15) is 5.11 Å². The number of aryl methyl sites for hydroxylation is 1. The fourth-order valence-electron chi connectivity index (χ4n) is 2.85. The van der Waals surface area contributed by atoms with Crippen LogP contribution in [0.15, 0.2) is 12.1 Å². The average Bonchev–Trinajstić information content (AvgIpc) is 2.66. The number of aliphatic hydroxyl groups excluding tert-OH is 1. The van der Waals surface area contributed by atoms with Crippen molar-refractivity contribution < 1.29 is 5.11 Å². The van der Waals surface area contributed by atoms with E-state index in [-0.39, 0.29) is 18.7 Å². The molecule has 1 saturated heterocycles. The molecule has 18 heavy (non-hydrogen) atoms. The molecule has 1 fully saturated rings. The molecule has 0 bridgehead atoms. The quantitative estimate of drug-likeness (QED) is 0.881. The molecule has 1 aromatic heterocycles. The molecule has 2 heterocycles. The standard InChI is InChI=1S/C14H24N2OS/c1-11-6-7-14(18-11)13(9-15)16-8-4-2-3-5-12(16)10-17/h6-7,12-13,17H,2-5,8-10,15H2,1H3. The molecular formula is C14H24N2OS. The lowest BCUT2D eigenvalue weighted by molar-refractivity contribution is 0.0884. The Morgan fingerprint density at radius 3 is 2.89 bits per heavy atom. The smallest absolute Gasteiger partial charge is 0.0587 e.